The van der Waals surface area contributed by atoms with Gasteiger partial charge in [0.25, 0.3) is 5.91 Å². The zero-order chi connectivity index (χ0) is 17.1. The summed E-state index contributed by atoms with van der Waals surface area (Å²) in [5, 5.41) is 4.87. The van der Waals surface area contributed by atoms with E-state index in [0.717, 1.165) is 4.90 Å². The highest BCUT2D eigenvalue weighted by molar-refractivity contribution is 7.99. The minimum absolute atomic E-state index is 0.131. The van der Waals surface area contributed by atoms with Gasteiger partial charge in [0.15, 0.2) is 6.61 Å². The maximum atomic E-state index is 12.7. The second-order valence-electron chi connectivity index (χ2n) is 4.44. The van der Waals surface area contributed by atoms with E-state index < -0.39 is 18.5 Å². The molecule has 1 rings (SSSR count). The van der Waals surface area contributed by atoms with Gasteiger partial charge in [0, 0.05) is 17.2 Å². The molecule has 0 radical (unpaired) electrons. The van der Waals surface area contributed by atoms with Crippen LogP contribution in [-0.4, -0.2) is 43.2 Å². The number of ether oxygens (including phenoxy) is 1. The molecule has 126 valence electrons. The molecule has 0 atom stereocenters. The van der Waals surface area contributed by atoms with Crippen LogP contribution in [0.2, 0.25) is 0 Å². The molecule has 2 amide bonds. The van der Waals surface area contributed by atoms with Crippen molar-refractivity contribution < 1.29 is 23.5 Å². The molecule has 0 heterocycles. The summed E-state index contributed by atoms with van der Waals surface area (Å²) in [4.78, 5) is 34.8. The number of likely N-dealkylation sites (N-methyl/N-ethyl adjacent to an activating group) is 1. The lowest BCUT2D eigenvalue weighted by atomic mass is 10.4. The molecule has 0 spiro atoms. The van der Waals surface area contributed by atoms with E-state index in [-0.39, 0.29) is 24.7 Å². The molecule has 0 aliphatic rings. The molecule has 1 aromatic carbocycles. The van der Waals surface area contributed by atoms with Gasteiger partial charge < -0.3 is 15.4 Å². The van der Waals surface area contributed by atoms with E-state index in [1.165, 1.54) is 23.9 Å². The van der Waals surface area contributed by atoms with Gasteiger partial charge in [0.05, 0.1) is 13.0 Å². The standard InChI is InChI=1S/C15H19FN2O4S/c1-2-17-13(19)9-18-14(20)10-22-15(21)7-8-23-12-5-3-11(16)4-6-12/h3-6H,2,7-10H2,1H3,(H,17,19)(H,18,20). The highest BCUT2D eigenvalue weighted by Gasteiger charge is 2.09. The van der Waals surface area contributed by atoms with Crippen LogP contribution in [-0.2, 0) is 19.1 Å². The lowest BCUT2D eigenvalue weighted by Crippen LogP contribution is -2.38. The molecule has 0 saturated carbocycles. The number of rotatable bonds is 9. The summed E-state index contributed by atoms with van der Waals surface area (Å²) in [5.41, 5.74) is 0. The Morgan fingerprint density at radius 1 is 1.13 bits per heavy atom. The van der Waals surface area contributed by atoms with Crippen LogP contribution >= 0.6 is 11.8 Å². The van der Waals surface area contributed by atoms with E-state index in [4.69, 9.17) is 4.74 Å². The number of amides is 2. The molecular weight excluding hydrogens is 323 g/mol. The van der Waals surface area contributed by atoms with Crippen molar-refractivity contribution in [2.45, 2.75) is 18.2 Å². The fraction of sp³-hybridized carbons (Fsp3) is 0.400. The minimum Gasteiger partial charge on any atom is -0.456 e. The first-order valence-corrected chi connectivity index (χ1v) is 8.07. The van der Waals surface area contributed by atoms with Crippen LogP contribution in [0.1, 0.15) is 13.3 Å². The third kappa shape index (κ3) is 8.82. The number of hydrogen-bond donors (Lipinski definition) is 2. The lowest BCUT2D eigenvalue weighted by molar-refractivity contribution is -0.148. The predicted octanol–water partition coefficient (Wildman–Crippen LogP) is 1.10. The molecule has 0 aliphatic carbocycles. The summed E-state index contributed by atoms with van der Waals surface area (Å²) in [6.07, 6.45) is 0.131. The summed E-state index contributed by atoms with van der Waals surface area (Å²) < 4.78 is 17.5. The van der Waals surface area contributed by atoms with E-state index in [1.807, 2.05) is 0 Å². The molecule has 6 nitrogen and oxygen atoms in total. The van der Waals surface area contributed by atoms with E-state index >= 15 is 0 Å². The minimum atomic E-state index is -0.532. The van der Waals surface area contributed by atoms with Crippen LogP contribution in [0.3, 0.4) is 0 Å². The Morgan fingerprint density at radius 2 is 1.83 bits per heavy atom. The van der Waals surface area contributed by atoms with Crippen molar-refractivity contribution in [2.75, 3.05) is 25.4 Å². The smallest absolute Gasteiger partial charge is 0.307 e. The highest BCUT2D eigenvalue weighted by Crippen LogP contribution is 2.18. The number of esters is 1. The molecule has 0 unspecified atom stereocenters. The van der Waals surface area contributed by atoms with Crippen LogP contribution in [0.25, 0.3) is 0 Å². The number of hydrogen-bond acceptors (Lipinski definition) is 5. The Kier molecular flexibility index (Phi) is 8.74. The topological polar surface area (TPSA) is 84.5 Å². The van der Waals surface area contributed by atoms with Crippen LogP contribution in [0.4, 0.5) is 4.39 Å². The van der Waals surface area contributed by atoms with Crippen molar-refractivity contribution in [3.05, 3.63) is 30.1 Å². The maximum absolute atomic E-state index is 12.7. The van der Waals surface area contributed by atoms with Gasteiger partial charge in [-0.15, -0.1) is 11.8 Å². The molecule has 2 N–H and O–H groups in total. The molecule has 8 heteroatoms. The van der Waals surface area contributed by atoms with Crippen LogP contribution in [0.5, 0.6) is 0 Å². The van der Waals surface area contributed by atoms with Gasteiger partial charge in [0.2, 0.25) is 5.91 Å². The number of halogens is 1. The van der Waals surface area contributed by atoms with Gasteiger partial charge in [-0.1, -0.05) is 0 Å². The van der Waals surface area contributed by atoms with E-state index in [9.17, 15) is 18.8 Å². The third-order valence-electron chi connectivity index (χ3n) is 2.57. The van der Waals surface area contributed by atoms with Crippen LogP contribution < -0.4 is 10.6 Å². The van der Waals surface area contributed by atoms with Crippen LogP contribution in [0.15, 0.2) is 29.2 Å². The van der Waals surface area contributed by atoms with E-state index in [2.05, 4.69) is 10.6 Å². The number of carbonyl (C=O) groups excluding carboxylic acids is 3. The largest absolute Gasteiger partial charge is 0.456 e. The Balaban J connectivity index is 2.12. The fourth-order valence-electron chi connectivity index (χ4n) is 1.49. The third-order valence-corrected chi connectivity index (χ3v) is 3.59. The van der Waals surface area contributed by atoms with Crippen molar-refractivity contribution in [3.63, 3.8) is 0 Å². The summed E-state index contributed by atoms with van der Waals surface area (Å²) >= 11 is 1.39. The zero-order valence-corrected chi connectivity index (χ0v) is 13.6. The van der Waals surface area contributed by atoms with E-state index in [0.29, 0.717) is 12.3 Å². The maximum Gasteiger partial charge on any atom is 0.307 e. The van der Waals surface area contributed by atoms with Gasteiger partial charge in [-0.2, -0.15) is 0 Å². The molecule has 23 heavy (non-hydrogen) atoms. The van der Waals surface area contributed by atoms with E-state index in [1.54, 1.807) is 19.1 Å². The van der Waals surface area contributed by atoms with Gasteiger partial charge in [-0.25, -0.2) is 4.39 Å². The van der Waals surface area contributed by atoms with Crippen molar-refractivity contribution in [2.24, 2.45) is 0 Å². The fourth-order valence-corrected chi connectivity index (χ4v) is 2.32. The summed E-state index contributed by atoms with van der Waals surface area (Å²) in [6, 6.07) is 5.94. The SMILES string of the molecule is CCNC(=O)CNC(=O)COC(=O)CCSc1ccc(F)cc1. The first-order valence-electron chi connectivity index (χ1n) is 7.08. The number of thioether (sulfide) groups is 1. The quantitative estimate of drug-likeness (QED) is 0.519. The van der Waals surface area contributed by atoms with Crippen molar-refractivity contribution in [1.82, 2.24) is 10.6 Å². The molecular formula is C15H19FN2O4S. The van der Waals surface area contributed by atoms with Gasteiger partial charge in [-0.3, -0.25) is 14.4 Å². The molecule has 0 aliphatic heterocycles. The second-order valence-corrected chi connectivity index (χ2v) is 5.61. The number of benzene rings is 1. The van der Waals surface area contributed by atoms with Crippen molar-refractivity contribution in [1.29, 1.82) is 0 Å². The first-order chi connectivity index (χ1) is 11.0. The lowest BCUT2D eigenvalue weighted by Gasteiger charge is -2.06. The predicted molar refractivity (Wildman–Crippen MR) is 84.4 cm³/mol. The van der Waals surface area contributed by atoms with Gasteiger partial charge in [-0.05, 0) is 31.2 Å². The molecule has 1 aromatic rings. The Bertz CT molecular complexity index is 537. The average Bonchev–Trinajstić information content (AvgIpc) is 2.53. The second kappa shape index (κ2) is 10.6. The Morgan fingerprint density at radius 3 is 2.48 bits per heavy atom. The molecule has 0 fully saturated rings. The van der Waals surface area contributed by atoms with Gasteiger partial charge in [0.1, 0.15) is 5.82 Å². The number of carbonyl (C=O) groups is 3. The van der Waals surface area contributed by atoms with Crippen LogP contribution in [0, 0.1) is 5.82 Å². The zero-order valence-electron chi connectivity index (χ0n) is 12.8. The Labute approximate surface area is 138 Å². The average molecular weight is 342 g/mol. The van der Waals surface area contributed by atoms with Crippen molar-refractivity contribution >= 4 is 29.5 Å². The molecule has 0 aromatic heterocycles. The number of nitrogens with one attached hydrogen (secondary N) is 2. The highest BCUT2D eigenvalue weighted by atomic mass is 32.2. The first kappa shape index (κ1) is 19.0. The summed E-state index contributed by atoms with van der Waals surface area (Å²) in [7, 11) is 0. The molecule has 0 bridgehead atoms. The molecule has 0 saturated heterocycles. The normalized spacial score (nSPS) is 10.0. The van der Waals surface area contributed by atoms with Gasteiger partial charge >= 0.3 is 5.97 Å². The summed E-state index contributed by atoms with van der Waals surface area (Å²) in [5.74, 6) is -1.19. The summed E-state index contributed by atoms with van der Waals surface area (Å²) in [6.45, 7) is 1.69. The van der Waals surface area contributed by atoms with Crippen molar-refractivity contribution in [3.8, 4) is 0 Å². The monoisotopic (exact) mass is 342 g/mol. The Hall–Kier alpha value is -2.09.